The van der Waals surface area contributed by atoms with Crippen LogP contribution in [-0.4, -0.2) is 64.7 Å². The molecule has 2 aliphatic rings. The minimum Gasteiger partial charge on any atom is -0.336 e. The maximum atomic E-state index is 12.9. The molecule has 23 heavy (non-hydrogen) atoms. The minimum absolute atomic E-state index is 0.0423. The van der Waals surface area contributed by atoms with Gasteiger partial charge in [0.1, 0.15) is 6.04 Å². The highest BCUT2D eigenvalue weighted by Gasteiger charge is 2.41. The van der Waals surface area contributed by atoms with Gasteiger partial charge in [-0.25, -0.2) is 8.42 Å². The zero-order chi connectivity index (χ0) is 16.6. The maximum absolute atomic E-state index is 12.9. The van der Waals surface area contributed by atoms with Crippen molar-refractivity contribution in [2.75, 3.05) is 19.3 Å². The molecule has 2 fully saturated rings. The second-order valence-electron chi connectivity index (χ2n) is 6.60. The molecule has 0 bridgehead atoms. The van der Waals surface area contributed by atoms with Gasteiger partial charge in [0.15, 0.2) is 0 Å². The van der Waals surface area contributed by atoms with Gasteiger partial charge < -0.3 is 4.90 Å². The van der Waals surface area contributed by atoms with E-state index in [2.05, 4.69) is 5.10 Å². The lowest BCUT2D eigenvalue weighted by atomic mass is 10.1. The van der Waals surface area contributed by atoms with Gasteiger partial charge in [-0.2, -0.15) is 9.40 Å². The molecule has 2 atom stereocenters. The van der Waals surface area contributed by atoms with Gasteiger partial charge >= 0.3 is 0 Å². The van der Waals surface area contributed by atoms with Crippen LogP contribution >= 0.6 is 0 Å². The van der Waals surface area contributed by atoms with E-state index in [4.69, 9.17) is 0 Å². The summed E-state index contributed by atoms with van der Waals surface area (Å²) in [5, 5.41) is 4.30. The van der Waals surface area contributed by atoms with E-state index in [1.807, 2.05) is 28.9 Å². The van der Waals surface area contributed by atoms with Crippen molar-refractivity contribution in [1.29, 1.82) is 0 Å². The highest BCUT2D eigenvalue weighted by Crippen LogP contribution is 2.26. The number of nitrogens with zero attached hydrogens (tertiary/aromatic N) is 4. The fourth-order valence-electron chi connectivity index (χ4n) is 3.67. The van der Waals surface area contributed by atoms with Crippen molar-refractivity contribution in [3.05, 3.63) is 18.0 Å². The predicted octanol–water partition coefficient (Wildman–Crippen LogP) is 0.607. The number of carbonyl (C=O) groups excluding carboxylic acids is 1. The Labute approximate surface area is 137 Å². The third-order valence-electron chi connectivity index (χ3n) is 4.74. The van der Waals surface area contributed by atoms with Crippen LogP contribution in [0.25, 0.3) is 0 Å². The average molecular weight is 340 g/mol. The van der Waals surface area contributed by atoms with E-state index < -0.39 is 16.1 Å². The standard InChI is InChI=1S/C15H24N4O3S/c1-12-9-16-17(10-12)11-13-5-3-7-18(13)15(20)14-6-4-8-19(14)23(2,21)22/h9-10,13-14H,3-8,11H2,1-2H3/t13-,14+/m1/s1. The predicted molar refractivity (Wildman–Crippen MR) is 86.3 cm³/mol. The molecule has 3 heterocycles. The summed E-state index contributed by atoms with van der Waals surface area (Å²) in [5.41, 5.74) is 1.10. The first-order chi connectivity index (χ1) is 10.9. The molecule has 7 nitrogen and oxygen atoms in total. The Kier molecular flexibility index (Phi) is 4.46. The smallest absolute Gasteiger partial charge is 0.241 e. The van der Waals surface area contributed by atoms with Crippen molar-refractivity contribution < 1.29 is 13.2 Å². The molecule has 0 N–H and O–H groups in total. The summed E-state index contributed by atoms with van der Waals surface area (Å²) in [6.45, 7) is 3.82. The first-order valence-corrected chi connectivity index (χ1v) is 9.97. The first-order valence-electron chi connectivity index (χ1n) is 8.12. The van der Waals surface area contributed by atoms with E-state index in [1.165, 1.54) is 10.6 Å². The number of sulfonamides is 1. The largest absolute Gasteiger partial charge is 0.336 e. The van der Waals surface area contributed by atoms with Crippen LogP contribution in [0.2, 0.25) is 0 Å². The summed E-state index contributed by atoms with van der Waals surface area (Å²) in [5.74, 6) is -0.0423. The summed E-state index contributed by atoms with van der Waals surface area (Å²) in [4.78, 5) is 14.8. The first kappa shape index (κ1) is 16.4. The molecule has 0 saturated carbocycles. The highest BCUT2D eigenvalue weighted by molar-refractivity contribution is 7.88. The topological polar surface area (TPSA) is 75.5 Å². The zero-order valence-electron chi connectivity index (χ0n) is 13.7. The number of carbonyl (C=O) groups is 1. The van der Waals surface area contributed by atoms with Crippen LogP contribution in [0.15, 0.2) is 12.4 Å². The molecule has 0 unspecified atom stereocenters. The molecule has 1 aromatic heterocycles. The van der Waals surface area contributed by atoms with Crippen LogP contribution in [0.3, 0.4) is 0 Å². The lowest BCUT2D eigenvalue weighted by Gasteiger charge is -2.30. The minimum atomic E-state index is -3.33. The van der Waals surface area contributed by atoms with Gasteiger partial charge in [-0.1, -0.05) is 0 Å². The number of hydrogen-bond donors (Lipinski definition) is 0. The molecule has 1 amide bonds. The summed E-state index contributed by atoms with van der Waals surface area (Å²) in [6.07, 6.45) is 8.24. The van der Waals surface area contributed by atoms with Crippen molar-refractivity contribution in [3.63, 3.8) is 0 Å². The molecule has 0 spiro atoms. The Hall–Kier alpha value is -1.41. The van der Waals surface area contributed by atoms with E-state index in [9.17, 15) is 13.2 Å². The Morgan fingerprint density at radius 1 is 1.30 bits per heavy atom. The summed E-state index contributed by atoms with van der Waals surface area (Å²) in [6, 6.07) is -0.422. The number of likely N-dealkylation sites (tertiary alicyclic amines) is 1. The number of rotatable bonds is 4. The van der Waals surface area contributed by atoms with Crippen molar-refractivity contribution in [2.45, 2.75) is 51.2 Å². The van der Waals surface area contributed by atoms with E-state index in [0.29, 0.717) is 26.1 Å². The quantitative estimate of drug-likeness (QED) is 0.805. The Morgan fingerprint density at radius 2 is 2.04 bits per heavy atom. The fraction of sp³-hybridized carbons (Fsp3) is 0.733. The molecule has 0 aliphatic carbocycles. The summed E-state index contributed by atoms with van der Waals surface area (Å²) < 4.78 is 27.0. The lowest BCUT2D eigenvalue weighted by Crippen LogP contribution is -2.49. The van der Waals surface area contributed by atoms with Gasteiger partial charge in [-0.3, -0.25) is 9.48 Å². The van der Waals surface area contributed by atoms with Crippen LogP contribution in [0, 0.1) is 6.92 Å². The van der Waals surface area contributed by atoms with Gasteiger partial charge in [0.25, 0.3) is 0 Å². The van der Waals surface area contributed by atoms with Crippen LogP contribution in [0.5, 0.6) is 0 Å². The van der Waals surface area contributed by atoms with Gasteiger partial charge in [0.2, 0.25) is 15.9 Å². The number of aromatic nitrogens is 2. The Morgan fingerprint density at radius 3 is 2.70 bits per heavy atom. The Bertz CT molecular complexity index is 685. The monoisotopic (exact) mass is 340 g/mol. The second kappa shape index (κ2) is 6.24. The number of aryl methyl sites for hydroxylation is 1. The molecular formula is C15H24N4O3S. The third-order valence-corrected chi connectivity index (χ3v) is 6.02. The van der Waals surface area contributed by atoms with Crippen LogP contribution in [-0.2, 0) is 21.4 Å². The van der Waals surface area contributed by atoms with Crippen LogP contribution in [0.4, 0.5) is 0 Å². The SMILES string of the molecule is Cc1cnn(C[C@H]2CCCN2C(=O)[C@@H]2CCCN2S(C)(=O)=O)c1. The normalized spacial score (nSPS) is 26.1. The Balaban J connectivity index is 1.73. The summed E-state index contributed by atoms with van der Waals surface area (Å²) in [7, 11) is -3.33. The molecular weight excluding hydrogens is 316 g/mol. The molecule has 8 heteroatoms. The number of hydrogen-bond acceptors (Lipinski definition) is 4. The zero-order valence-corrected chi connectivity index (χ0v) is 14.5. The fourth-order valence-corrected chi connectivity index (χ4v) is 4.79. The molecule has 2 aliphatic heterocycles. The molecule has 0 radical (unpaired) electrons. The summed E-state index contributed by atoms with van der Waals surface area (Å²) >= 11 is 0. The van der Waals surface area contributed by atoms with E-state index in [1.54, 1.807) is 0 Å². The van der Waals surface area contributed by atoms with Gasteiger partial charge in [0, 0.05) is 19.3 Å². The van der Waals surface area contributed by atoms with E-state index in [-0.39, 0.29) is 11.9 Å². The third kappa shape index (κ3) is 3.42. The molecule has 3 rings (SSSR count). The van der Waals surface area contributed by atoms with Crippen molar-refractivity contribution in [1.82, 2.24) is 19.0 Å². The number of amides is 1. The van der Waals surface area contributed by atoms with Crippen LogP contribution < -0.4 is 0 Å². The van der Waals surface area contributed by atoms with E-state index in [0.717, 1.165) is 24.8 Å². The molecule has 1 aromatic rings. The maximum Gasteiger partial charge on any atom is 0.241 e. The van der Waals surface area contributed by atoms with Gasteiger partial charge in [0.05, 0.1) is 25.0 Å². The van der Waals surface area contributed by atoms with Crippen molar-refractivity contribution in [2.24, 2.45) is 0 Å². The van der Waals surface area contributed by atoms with Crippen molar-refractivity contribution in [3.8, 4) is 0 Å². The molecule has 0 aromatic carbocycles. The molecule has 128 valence electrons. The van der Waals surface area contributed by atoms with Crippen LogP contribution in [0.1, 0.15) is 31.2 Å². The van der Waals surface area contributed by atoms with Crippen molar-refractivity contribution >= 4 is 15.9 Å². The van der Waals surface area contributed by atoms with Gasteiger partial charge in [-0.05, 0) is 38.2 Å². The highest BCUT2D eigenvalue weighted by atomic mass is 32.2. The lowest BCUT2D eigenvalue weighted by molar-refractivity contribution is -0.135. The average Bonchev–Trinajstić information content (AvgIpc) is 3.18. The second-order valence-corrected chi connectivity index (χ2v) is 8.53. The molecule has 2 saturated heterocycles. The van der Waals surface area contributed by atoms with Gasteiger partial charge in [-0.15, -0.1) is 0 Å². The van der Waals surface area contributed by atoms with E-state index >= 15 is 0 Å².